The lowest BCUT2D eigenvalue weighted by Gasteiger charge is -2.10. The summed E-state index contributed by atoms with van der Waals surface area (Å²) in [5.41, 5.74) is -1.15. The van der Waals surface area contributed by atoms with Crippen LogP contribution in [0.15, 0.2) is 24.3 Å². The number of hydrogen-bond acceptors (Lipinski definition) is 3. The zero-order valence-corrected chi connectivity index (χ0v) is 10.9. The van der Waals surface area contributed by atoms with Gasteiger partial charge in [-0.3, -0.25) is 0 Å². The molecule has 9 heteroatoms. The first kappa shape index (κ1) is 15.4. The molecule has 1 N–H and O–H groups in total. The molecule has 0 spiro atoms. The molecule has 2 aromatic rings. The molecular weight excluding hydrogens is 317 g/mol. The van der Waals surface area contributed by atoms with E-state index < -0.39 is 28.8 Å². The molecule has 1 aromatic carbocycles. The predicted molar refractivity (Wildman–Crippen MR) is 65.7 cm³/mol. The van der Waals surface area contributed by atoms with Crippen molar-refractivity contribution in [1.29, 1.82) is 0 Å². The molecule has 0 aliphatic heterocycles. The molecule has 21 heavy (non-hydrogen) atoms. The van der Waals surface area contributed by atoms with Gasteiger partial charge < -0.3 is 5.32 Å². The normalized spacial score (nSPS) is 11.5. The summed E-state index contributed by atoms with van der Waals surface area (Å²) in [6.07, 6.45) is -4.68. The van der Waals surface area contributed by atoms with Gasteiger partial charge >= 0.3 is 6.18 Å². The third-order valence-electron chi connectivity index (χ3n) is 2.46. The standard InChI is InChI=1S/C12H7ClF5N3/c13-11-20-9(12(16,17)18)4-10(21-11)19-5-6-1-2-7(14)3-8(6)15/h1-4H,5H2,(H,19,20,21). The minimum absolute atomic E-state index is 0.0692. The smallest absolute Gasteiger partial charge is 0.366 e. The third-order valence-corrected chi connectivity index (χ3v) is 2.63. The van der Waals surface area contributed by atoms with Crippen LogP contribution < -0.4 is 5.32 Å². The van der Waals surface area contributed by atoms with Crippen molar-refractivity contribution in [3.63, 3.8) is 0 Å². The van der Waals surface area contributed by atoms with Crippen LogP contribution in [0.3, 0.4) is 0 Å². The molecule has 3 nitrogen and oxygen atoms in total. The van der Waals surface area contributed by atoms with E-state index in [-0.39, 0.29) is 17.9 Å². The van der Waals surface area contributed by atoms with E-state index in [4.69, 9.17) is 11.6 Å². The van der Waals surface area contributed by atoms with Crippen molar-refractivity contribution in [3.05, 3.63) is 52.4 Å². The Morgan fingerprint density at radius 3 is 2.43 bits per heavy atom. The maximum atomic E-state index is 13.4. The molecule has 0 unspecified atom stereocenters. The summed E-state index contributed by atoms with van der Waals surface area (Å²) >= 11 is 5.40. The molecule has 1 aromatic heterocycles. The van der Waals surface area contributed by atoms with Gasteiger partial charge in [0.2, 0.25) is 5.28 Å². The molecule has 0 bridgehead atoms. The predicted octanol–water partition coefficient (Wildman–Crippen LogP) is 4.04. The summed E-state index contributed by atoms with van der Waals surface area (Å²) in [7, 11) is 0. The number of halogens is 6. The number of nitrogens with one attached hydrogen (secondary N) is 1. The van der Waals surface area contributed by atoms with Gasteiger partial charge in [0.05, 0.1) is 0 Å². The Hall–Kier alpha value is -1.96. The number of alkyl halides is 3. The zero-order chi connectivity index (χ0) is 15.6. The molecule has 1 heterocycles. The van der Waals surface area contributed by atoms with Gasteiger partial charge in [0.1, 0.15) is 17.5 Å². The Labute approximate surface area is 120 Å². The van der Waals surface area contributed by atoms with E-state index in [0.717, 1.165) is 6.07 Å². The summed E-state index contributed by atoms with van der Waals surface area (Å²) in [6, 6.07) is 3.53. The molecule has 0 aliphatic carbocycles. The minimum Gasteiger partial charge on any atom is -0.366 e. The highest BCUT2D eigenvalue weighted by Gasteiger charge is 2.33. The van der Waals surface area contributed by atoms with Gasteiger partial charge in [-0.1, -0.05) is 6.07 Å². The highest BCUT2D eigenvalue weighted by molar-refractivity contribution is 6.28. The molecule has 2 rings (SSSR count). The minimum atomic E-state index is -4.68. The quantitative estimate of drug-likeness (QED) is 0.684. The molecule has 0 saturated carbocycles. The topological polar surface area (TPSA) is 37.8 Å². The maximum absolute atomic E-state index is 13.4. The fourth-order valence-electron chi connectivity index (χ4n) is 1.50. The number of benzene rings is 1. The van der Waals surface area contributed by atoms with Crippen LogP contribution in [0.2, 0.25) is 5.28 Å². The number of nitrogens with zero attached hydrogens (tertiary/aromatic N) is 2. The molecule has 0 amide bonds. The van der Waals surface area contributed by atoms with Crippen LogP contribution in [-0.2, 0) is 12.7 Å². The Kier molecular flexibility index (Phi) is 4.26. The summed E-state index contributed by atoms with van der Waals surface area (Å²) in [5.74, 6) is -1.79. The van der Waals surface area contributed by atoms with Crippen molar-refractivity contribution < 1.29 is 22.0 Å². The first-order chi connectivity index (χ1) is 9.75. The van der Waals surface area contributed by atoms with E-state index in [1.54, 1.807) is 0 Å². The zero-order valence-electron chi connectivity index (χ0n) is 10.2. The fraction of sp³-hybridized carbons (Fsp3) is 0.167. The monoisotopic (exact) mass is 323 g/mol. The summed E-state index contributed by atoms with van der Waals surface area (Å²) in [4.78, 5) is 6.61. The van der Waals surface area contributed by atoms with E-state index in [1.807, 2.05) is 0 Å². The van der Waals surface area contributed by atoms with Gasteiger partial charge in [0, 0.05) is 24.2 Å². The van der Waals surface area contributed by atoms with Gasteiger partial charge in [-0.05, 0) is 17.7 Å². The Morgan fingerprint density at radius 1 is 1.10 bits per heavy atom. The first-order valence-electron chi connectivity index (χ1n) is 5.55. The molecular formula is C12H7ClF5N3. The highest BCUT2D eigenvalue weighted by Crippen LogP contribution is 2.29. The molecule has 0 saturated heterocycles. The van der Waals surface area contributed by atoms with Crippen molar-refractivity contribution in [1.82, 2.24) is 9.97 Å². The fourth-order valence-corrected chi connectivity index (χ4v) is 1.69. The second-order valence-electron chi connectivity index (χ2n) is 3.99. The number of hydrogen-bond donors (Lipinski definition) is 1. The van der Waals surface area contributed by atoms with Crippen molar-refractivity contribution in [2.24, 2.45) is 0 Å². The van der Waals surface area contributed by atoms with Crippen LogP contribution in [-0.4, -0.2) is 9.97 Å². The van der Waals surface area contributed by atoms with Gasteiger partial charge in [-0.2, -0.15) is 13.2 Å². The lowest BCUT2D eigenvalue weighted by atomic mass is 10.2. The highest BCUT2D eigenvalue weighted by atomic mass is 35.5. The van der Waals surface area contributed by atoms with Crippen molar-refractivity contribution in [2.45, 2.75) is 12.7 Å². The Balaban J connectivity index is 2.18. The number of anilines is 1. The van der Waals surface area contributed by atoms with Gasteiger partial charge in [-0.25, -0.2) is 18.7 Å². The maximum Gasteiger partial charge on any atom is 0.433 e. The van der Waals surface area contributed by atoms with Crippen LogP contribution >= 0.6 is 11.6 Å². The van der Waals surface area contributed by atoms with Crippen LogP contribution in [0.1, 0.15) is 11.3 Å². The molecule has 0 atom stereocenters. The van der Waals surface area contributed by atoms with Crippen LogP contribution in [0.25, 0.3) is 0 Å². The summed E-state index contributed by atoms with van der Waals surface area (Å²) in [5, 5.41) is 1.89. The SMILES string of the molecule is Fc1ccc(CNc2cc(C(F)(F)F)nc(Cl)n2)c(F)c1. The third kappa shape index (κ3) is 4.01. The number of aromatic nitrogens is 2. The lowest BCUT2D eigenvalue weighted by molar-refractivity contribution is -0.141. The summed E-state index contributed by atoms with van der Waals surface area (Å²) in [6.45, 7) is -0.184. The second kappa shape index (κ2) is 5.80. The molecule has 0 radical (unpaired) electrons. The van der Waals surface area contributed by atoms with Gasteiger partial charge in [0.15, 0.2) is 5.69 Å². The largest absolute Gasteiger partial charge is 0.433 e. The number of rotatable bonds is 3. The van der Waals surface area contributed by atoms with Crippen LogP contribution in [0.5, 0.6) is 0 Å². The van der Waals surface area contributed by atoms with Crippen molar-refractivity contribution >= 4 is 17.4 Å². The Morgan fingerprint density at radius 2 is 1.81 bits per heavy atom. The Bertz CT molecular complexity index is 660. The van der Waals surface area contributed by atoms with Crippen molar-refractivity contribution in [2.75, 3.05) is 5.32 Å². The first-order valence-corrected chi connectivity index (χ1v) is 5.93. The van der Waals surface area contributed by atoms with E-state index in [1.165, 1.54) is 6.07 Å². The van der Waals surface area contributed by atoms with E-state index in [9.17, 15) is 22.0 Å². The van der Waals surface area contributed by atoms with E-state index in [2.05, 4.69) is 15.3 Å². The van der Waals surface area contributed by atoms with E-state index >= 15 is 0 Å². The van der Waals surface area contributed by atoms with Crippen LogP contribution in [0.4, 0.5) is 27.8 Å². The summed E-state index contributed by atoms with van der Waals surface area (Å²) < 4.78 is 63.7. The molecule has 0 aliphatic rings. The van der Waals surface area contributed by atoms with E-state index in [0.29, 0.717) is 12.1 Å². The lowest BCUT2D eigenvalue weighted by Crippen LogP contribution is -2.11. The molecule has 112 valence electrons. The molecule has 0 fully saturated rings. The second-order valence-corrected chi connectivity index (χ2v) is 4.33. The average molecular weight is 324 g/mol. The van der Waals surface area contributed by atoms with Crippen molar-refractivity contribution in [3.8, 4) is 0 Å². The van der Waals surface area contributed by atoms with Gasteiger partial charge in [-0.15, -0.1) is 0 Å². The van der Waals surface area contributed by atoms with Gasteiger partial charge in [0.25, 0.3) is 0 Å². The van der Waals surface area contributed by atoms with Crippen LogP contribution in [0, 0.1) is 11.6 Å². The average Bonchev–Trinajstić information content (AvgIpc) is 2.36.